The number of fused-ring (bicyclic) bond motifs is 1. The maximum Gasteiger partial charge on any atom is 0.260 e. The van der Waals surface area contributed by atoms with E-state index in [1.807, 2.05) is 72.8 Å². The van der Waals surface area contributed by atoms with Crippen molar-refractivity contribution in [2.45, 2.75) is 19.8 Å². The van der Waals surface area contributed by atoms with Gasteiger partial charge in [0.05, 0.1) is 19.8 Å². The molecule has 0 radical (unpaired) electrons. The largest absolute Gasteiger partial charge is 0.491 e. The van der Waals surface area contributed by atoms with E-state index in [0.29, 0.717) is 43.7 Å². The molecule has 0 aliphatic carbocycles. The van der Waals surface area contributed by atoms with Crippen molar-refractivity contribution in [2.24, 2.45) is 0 Å². The van der Waals surface area contributed by atoms with Crippen LogP contribution in [0.25, 0.3) is 0 Å². The first kappa shape index (κ1) is 21.2. The van der Waals surface area contributed by atoms with Crippen LogP contribution in [0.4, 0.5) is 0 Å². The van der Waals surface area contributed by atoms with Crippen LogP contribution in [0, 0.1) is 0 Å². The average Bonchev–Trinajstić information content (AvgIpc) is 3.02. The average molecular weight is 438 g/mol. The van der Waals surface area contributed by atoms with Crippen LogP contribution in [-0.4, -0.2) is 30.6 Å². The Kier molecular flexibility index (Phi) is 7.07. The van der Waals surface area contributed by atoms with Crippen LogP contribution >= 0.6 is 11.6 Å². The van der Waals surface area contributed by atoms with Crippen LogP contribution in [0.2, 0.25) is 5.02 Å². The Morgan fingerprint density at radius 2 is 1.71 bits per heavy atom. The van der Waals surface area contributed by atoms with Crippen molar-refractivity contribution in [3.05, 3.63) is 94.5 Å². The van der Waals surface area contributed by atoms with Gasteiger partial charge >= 0.3 is 0 Å². The quantitative estimate of drug-likeness (QED) is 0.529. The molecule has 1 aliphatic heterocycles. The standard InChI is InChI=1S/C25H24ClNO4/c26-22-9-6-19(7-10-22)16-29-17-20-8-11-24-21(14-20)15-27(12-13-30-24)25(28)18-31-23-4-2-1-3-5-23/h1-11,14H,12-13,15-18H2. The summed E-state index contributed by atoms with van der Waals surface area (Å²) in [7, 11) is 0. The van der Waals surface area contributed by atoms with E-state index in [-0.39, 0.29) is 12.5 Å². The first-order chi connectivity index (χ1) is 15.2. The molecule has 1 aliphatic rings. The molecule has 3 aromatic carbocycles. The number of hydrogen-bond acceptors (Lipinski definition) is 4. The maximum atomic E-state index is 12.7. The van der Waals surface area contributed by atoms with Crippen LogP contribution in [0.3, 0.4) is 0 Å². The number of para-hydroxylation sites is 1. The fraction of sp³-hybridized carbons (Fsp3) is 0.240. The molecule has 0 N–H and O–H groups in total. The minimum atomic E-state index is -0.0651. The second-order valence-corrected chi connectivity index (χ2v) is 7.76. The topological polar surface area (TPSA) is 48.0 Å². The zero-order chi connectivity index (χ0) is 21.5. The Labute approximate surface area is 187 Å². The van der Waals surface area contributed by atoms with E-state index in [4.69, 9.17) is 25.8 Å². The van der Waals surface area contributed by atoms with Gasteiger partial charge < -0.3 is 19.1 Å². The molecular weight excluding hydrogens is 414 g/mol. The molecular formula is C25H24ClNO4. The summed E-state index contributed by atoms with van der Waals surface area (Å²) < 4.78 is 17.3. The number of amides is 1. The van der Waals surface area contributed by atoms with Gasteiger partial charge in [-0.1, -0.05) is 48.0 Å². The lowest BCUT2D eigenvalue weighted by Gasteiger charge is -2.20. The van der Waals surface area contributed by atoms with Gasteiger partial charge in [-0.05, 0) is 47.5 Å². The number of benzene rings is 3. The molecule has 0 bridgehead atoms. The van der Waals surface area contributed by atoms with Crippen molar-refractivity contribution >= 4 is 17.5 Å². The Morgan fingerprint density at radius 1 is 0.968 bits per heavy atom. The number of halogens is 1. The van der Waals surface area contributed by atoms with Crippen molar-refractivity contribution in [1.29, 1.82) is 0 Å². The molecule has 5 nitrogen and oxygen atoms in total. The summed E-state index contributed by atoms with van der Waals surface area (Å²) in [5.74, 6) is 1.42. The molecule has 0 spiro atoms. The Hall–Kier alpha value is -3.02. The summed E-state index contributed by atoms with van der Waals surface area (Å²) >= 11 is 5.92. The number of ether oxygens (including phenoxy) is 3. The monoisotopic (exact) mass is 437 g/mol. The molecule has 6 heteroatoms. The molecule has 0 atom stereocenters. The lowest BCUT2D eigenvalue weighted by molar-refractivity contribution is -0.134. The van der Waals surface area contributed by atoms with Gasteiger partial charge in [-0.3, -0.25) is 4.79 Å². The molecule has 160 valence electrons. The summed E-state index contributed by atoms with van der Waals surface area (Å²) in [6.45, 7) is 2.44. The second-order valence-electron chi connectivity index (χ2n) is 7.33. The summed E-state index contributed by atoms with van der Waals surface area (Å²) in [6, 6.07) is 23.0. The lowest BCUT2D eigenvalue weighted by atomic mass is 10.1. The Balaban J connectivity index is 1.34. The van der Waals surface area contributed by atoms with E-state index in [1.54, 1.807) is 4.90 Å². The van der Waals surface area contributed by atoms with Gasteiger partial charge in [0, 0.05) is 17.1 Å². The van der Waals surface area contributed by atoms with Gasteiger partial charge in [0.15, 0.2) is 6.61 Å². The highest BCUT2D eigenvalue weighted by atomic mass is 35.5. The van der Waals surface area contributed by atoms with E-state index in [2.05, 4.69) is 0 Å². The van der Waals surface area contributed by atoms with E-state index in [9.17, 15) is 4.79 Å². The highest BCUT2D eigenvalue weighted by molar-refractivity contribution is 6.30. The van der Waals surface area contributed by atoms with Crippen molar-refractivity contribution in [3.63, 3.8) is 0 Å². The van der Waals surface area contributed by atoms with Crippen LogP contribution < -0.4 is 9.47 Å². The fourth-order valence-corrected chi connectivity index (χ4v) is 3.50. The predicted octanol–water partition coefficient (Wildman–Crippen LogP) is 4.86. The summed E-state index contributed by atoms with van der Waals surface area (Å²) in [5, 5.41) is 0.711. The molecule has 0 aromatic heterocycles. The normalized spacial score (nSPS) is 13.1. The van der Waals surface area contributed by atoms with Crippen LogP contribution in [0.1, 0.15) is 16.7 Å². The molecule has 0 fully saturated rings. The first-order valence-electron chi connectivity index (χ1n) is 10.2. The van der Waals surface area contributed by atoms with Gasteiger partial charge in [0.2, 0.25) is 0 Å². The molecule has 0 unspecified atom stereocenters. The molecule has 4 rings (SSSR count). The van der Waals surface area contributed by atoms with Gasteiger partial charge in [0.1, 0.15) is 18.1 Å². The number of rotatable bonds is 7. The van der Waals surface area contributed by atoms with Gasteiger partial charge in [-0.2, -0.15) is 0 Å². The van der Waals surface area contributed by atoms with Gasteiger partial charge in [-0.25, -0.2) is 0 Å². The van der Waals surface area contributed by atoms with E-state index in [1.165, 1.54) is 0 Å². The third-order valence-corrected chi connectivity index (χ3v) is 5.27. The maximum absolute atomic E-state index is 12.7. The molecule has 1 heterocycles. The summed E-state index contributed by atoms with van der Waals surface area (Å²) in [4.78, 5) is 14.5. The number of carbonyl (C=O) groups excluding carboxylic acids is 1. The molecule has 31 heavy (non-hydrogen) atoms. The third-order valence-electron chi connectivity index (χ3n) is 5.01. The zero-order valence-corrected chi connectivity index (χ0v) is 17.9. The highest BCUT2D eigenvalue weighted by Gasteiger charge is 2.20. The molecule has 3 aromatic rings. The first-order valence-corrected chi connectivity index (χ1v) is 10.6. The smallest absolute Gasteiger partial charge is 0.260 e. The minimum Gasteiger partial charge on any atom is -0.491 e. The predicted molar refractivity (Wildman–Crippen MR) is 119 cm³/mol. The number of hydrogen-bond donors (Lipinski definition) is 0. The van der Waals surface area contributed by atoms with Gasteiger partial charge in [-0.15, -0.1) is 0 Å². The van der Waals surface area contributed by atoms with Crippen molar-refractivity contribution in [2.75, 3.05) is 19.8 Å². The van der Waals surface area contributed by atoms with E-state index in [0.717, 1.165) is 22.4 Å². The van der Waals surface area contributed by atoms with E-state index >= 15 is 0 Å². The van der Waals surface area contributed by atoms with Gasteiger partial charge in [0.25, 0.3) is 5.91 Å². The SMILES string of the molecule is O=C(COc1ccccc1)N1CCOc2ccc(COCc3ccc(Cl)cc3)cc2C1. The highest BCUT2D eigenvalue weighted by Crippen LogP contribution is 2.25. The minimum absolute atomic E-state index is 0.00321. The fourth-order valence-electron chi connectivity index (χ4n) is 3.37. The van der Waals surface area contributed by atoms with Crippen molar-refractivity contribution < 1.29 is 19.0 Å². The van der Waals surface area contributed by atoms with Crippen LogP contribution in [0.15, 0.2) is 72.8 Å². The van der Waals surface area contributed by atoms with E-state index < -0.39 is 0 Å². The second kappa shape index (κ2) is 10.3. The summed E-state index contributed by atoms with van der Waals surface area (Å²) in [5.41, 5.74) is 3.07. The summed E-state index contributed by atoms with van der Waals surface area (Å²) in [6.07, 6.45) is 0. The molecule has 1 amide bonds. The Morgan fingerprint density at radius 3 is 2.52 bits per heavy atom. The van der Waals surface area contributed by atoms with Crippen LogP contribution in [-0.2, 0) is 29.3 Å². The third kappa shape index (κ3) is 6.00. The molecule has 0 saturated heterocycles. The molecule has 0 saturated carbocycles. The van der Waals surface area contributed by atoms with Crippen molar-refractivity contribution in [1.82, 2.24) is 4.90 Å². The van der Waals surface area contributed by atoms with Crippen LogP contribution in [0.5, 0.6) is 11.5 Å². The Bertz CT molecular complexity index is 1010. The van der Waals surface area contributed by atoms with Crippen molar-refractivity contribution in [3.8, 4) is 11.5 Å². The zero-order valence-electron chi connectivity index (χ0n) is 17.1. The lowest BCUT2D eigenvalue weighted by Crippen LogP contribution is -2.36. The number of carbonyl (C=O) groups is 1. The number of nitrogens with zero attached hydrogens (tertiary/aromatic N) is 1.